The van der Waals surface area contributed by atoms with Gasteiger partial charge in [0.1, 0.15) is 0 Å². The topological polar surface area (TPSA) is 44.7 Å². The summed E-state index contributed by atoms with van der Waals surface area (Å²) in [6.07, 6.45) is -4.81. The zero-order chi connectivity index (χ0) is 19.2. The second kappa shape index (κ2) is 6.31. The number of thioether (sulfide) groups is 1. The minimum absolute atomic E-state index is 0.0371. The summed E-state index contributed by atoms with van der Waals surface area (Å²) in [6.45, 7) is 0. The van der Waals surface area contributed by atoms with Gasteiger partial charge in [0.25, 0.3) is 5.66 Å². The van der Waals surface area contributed by atoms with Gasteiger partial charge in [-0.05, 0) is 17.7 Å². The standard InChI is InChI=1S/C18H11ClF3N3OS/c19-13-8-6-11(7-9-13)14-10-27-16-24-17(18(20,21)22,23-15(26)25(14)16)12-4-2-1-3-5-12/h1-10H,(H,23,26). The molecule has 0 bridgehead atoms. The van der Waals surface area contributed by atoms with Gasteiger partial charge in [-0.1, -0.05) is 65.8 Å². The van der Waals surface area contributed by atoms with Crippen molar-refractivity contribution in [3.63, 3.8) is 0 Å². The number of fused-ring (bicyclic) bond motifs is 1. The molecule has 2 aliphatic rings. The number of halogens is 4. The first-order chi connectivity index (χ1) is 12.8. The summed E-state index contributed by atoms with van der Waals surface area (Å²) in [5, 5.41) is 4.14. The Balaban J connectivity index is 1.80. The van der Waals surface area contributed by atoms with E-state index in [1.54, 1.807) is 35.7 Å². The molecule has 0 aliphatic carbocycles. The second-order valence-electron chi connectivity index (χ2n) is 5.86. The molecule has 9 heteroatoms. The molecule has 0 fully saturated rings. The first-order valence-corrected chi connectivity index (χ1v) is 9.05. The first kappa shape index (κ1) is 17.9. The van der Waals surface area contributed by atoms with Crippen molar-refractivity contribution in [3.05, 3.63) is 76.2 Å². The molecular weight excluding hydrogens is 399 g/mol. The van der Waals surface area contributed by atoms with Crippen LogP contribution >= 0.6 is 23.4 Å². The van der Waals surface area contributed by atoms with Gasteiger partial charge in [-0.25, -0.2) is 14.7 Å². The number of amidine groups is 1. The molecule has 0 aromatic heterocycles. The van der Waals surface area contributed by atoms with E-state index in [1.807, 2.05) is 0 Å². The van der Waals surface area contributed by atoms with Crippen molar-refractivity contribution >= 4 is 40.3 Å². The van der Waals surface area contributed by atoms with E-state index < -0.39 is 17.9 Å². The third-order valence-electron chi connectivity index (χ3n) is 4.20. The highest BCUT2D eigenvalue weighted by Crippen LogP contribution is 2.46. The molecular formula is C18H11ClF3N3OS. The molecule has 1 atom stereocenters. The summed E-state index contributed by atoms with van der Waals surface area (Å²) >= 11 is 6.84. The Kier molecular flexibility index (Phi) is 4.20. The number of carbonyl (C=O) groups excluding carboxylic acids is 1. The van der Waals surface area contributed by atoms with E-state index in [2.05, 4.69) is 10.3 Å². The number of hydrogen-bond donors (Lipinski definition) is 1. The molecule has 2 aromatic carbocycles. The summed E-state index contributed by atoms with van der Waals surface area (Å²) in [5.41, 5.74) is -1.89. The predicted molar refractivity (Wildman–Crippen MR) is 99.0 cm³/mol. The van der Waals surface area contributed by atoms with Gasteiger partial charge in [0.15, 0.2) is 5.17 Å². The Morgan fingerprint density at radius 3 is 2.37 bits per heavy atom. The van der Waals surface area contributed by atoms with Gasteiger partial charge >= 0.3 is 12.2 Å². The molecule has 4 nitrogen and oxygen atoms in total. The number of nitrogens with one attached hydrogen (secondary N) is 1. The van der Waals surface area contributed by atoms with E-state index in [-0.39, 0.29) is 10.7 Å². The maximum absolute atomic E-state index is 14.0. The number of urea groups is 1. The zero-order valence-electron chi connectivity index (χ0n) is 13.5. The fraction of sp³-hybridized carbons (Fsp3) is 0.111. The van der Waals surface area contributed by atoms with Crippen molar-refractivity contribution in [1.82, 2.24) is 10.2 Å². The van der Waals surface area contributed by atoms with Crippen molar-refractivity contribution in [2.45, 2.75) is 11.8 Å². The number of aliphatic imine (C=N–C) groups is 1. The highest BCUT2D eigenvalue weighted by atomic mass is 35.5. The van der Waals surface area contributed by atoms with E-state index in [9.17, 15) is 18.0 Å². The van der Waals surface area contributed by atoms with Crippen LogP contribution in [0.15, 0.2) is 65.0 Å². The van der Waals surface area contributed by atoms with Gasteiger partial charge in [-0.3, -0.25) is 0 Å². The number of rotatable bonds is 2. The van der Waals surface area contributed by atoms with E-state index in [0.717, 1.165) is 16.7 Å². The minimum atomic E-state index is -4.81. The third-order valence-corrected chi connectivity index (χ3v) is 5.28. The summed E-state index contributed by atoms with van der Waals surface area (Å²) in [5.74, 6) is 0. The molecule has 2 amide bonds. The number of nitrogens with zero attached hydrogens (tertiary/aromatic N) is 2. The molecule has 2 aliphatic heterocycles. The third kappa shape index (κ3) is 2.89. The van der Waals surface area contributed by atoms with Gasteiger partial charge < -0.3 is 5.32 Å². The minimum Gasteiger partial charge on any atom is -0.301 e. The Morgan fingerprint density at radius 1 is 1.07 bits per heavy atom. The van der Waals surface area contributed by atoms with Crippen molar-refractivity contribution in [3.8, 4) is 0 Å². The average molecular weight is 410 g/mol. The van der Waals surface area contributed by atoms with E-state index in [4.69, 9.17) is 11.6 Å². The zero-order valence-corrected chi connectivity index (χ0v) is 15.1. The molecule has 0 spiro atoms. The van der Waals surface area contributed by atoms with Crippen LogP contribution in [0, 0.1) is 0 Å². The quantitative estimate of drug-likeness (QED) is 0.742. The SMILES string of the molecule is O=C1NC(c2ccccc2)(C(F)(F)F)N=C2SC=C(c3ccc(Cl)cc3)N12. The Morgan fingerprint density at radius 2 is 1.74 bits per heavy atom. The van der Waals surface area contributed by atoms with Gasteiger partial charge in [-0.15, -0.1) is 0 Å². The van der Waals surface area contributed by atoms with Crippen LogP contribution in [-0.4, -0.2) is 22.3 Å². The molecule has 27 heavy (non-hydrogen) atoms. The largest absolute Gasteiger partial charge is 0.436 e. The molecule has 4 rings (SSSR count). The van der Waals surface area contributed by atoms with Crippen molar-refractivity contribution in [1.29, 1.82) is 0 Å². The Bertz CT molecular complexity index is 960. The number of amides is 2. The van der Waals surface area contributed by atoms with Crippen LogP contribution < -0.4 is 5.32 Å². The van der Waals surface area contributed by atoms with Gasteiger partial charge in [0.05, 0.1) is 5.70 Å². The molecule has 138 valence electrons. The van der Waals surface area contributed by atoms with Crippen LogP contribution in [0.25, 0.3) is 5.70 Å². The Labute approximate surface area is 161 Å². The number of hydrogen-bond acceptors (Lipinski definition) is 3. The molecule has 1 N–H and O–H groups in total. The van der Waals surface area contributed by atoms with Gasteiger partial charge in [0.2, 0.25) is 0 Å². The lowest BCUT2D eigenvalue weighted by atomic mass is 9.98. The first-order valence-electron chi connectivity index (χ1n) is 7.79. The van der Waals surface area contributed by atoms with Crippen LogP contribution in [-0.2, 0) is 5.66 Å². The van der Waals surface area contributed by atoms with Crippen LogP contribution in [0.3, 0.4) is 0 Å². The highest BCUT2D eigenvalue weighted by molar-refractivity contribution is 8.16. The molecule has 0 radical (unpaired) electrons. The lowest BCUT2D eigenvalue weighted by Gasteiger charge is -2.39. The normalized spacial score (nSPS) is 22.1. The van der Waals surface area contributed by atoms with Crippen molar-refractivity contribution in [2.75, 3.05) is 0 Å². The second-order valence-corrected chi connectivity index (χ2v) is 7.13. The molecule has 0 saturated heterocycles. The summed E-state index contributed by atoms with van der Waals surface area (Å²) in [6, 6.07) is 12.9. The van der Waals surface area contributed by atoms with E-state index in [0.29, 0.717) is 16.3 Å². The summed E-state index contributed by atoms with van der Waals surface area (Å²) < 4.78 is 42.0. The average Bonchev–Trinajstić information content (AvgIpc) is 3.06. The van der Waals surface area contributed by atoms with Crippen molar-refractivity contribution < 1.29 is 18.0 Å². The predicted octanol–water partition coefficient (Wildman–Crippen LogP) is 5.18. The molecule has 2 heterocycles. The fourth-order valence-electron chi connectivity index (χ4n) is 2.90. The smallest absolute Gasteiger partial charge is 0.301 e. The van der Waals surface area contributed by atoms with E-state index >= 15 is 0 Å². The molecule has 1 unspecified atom stereocenters. The maximum Gasteiger partial charge on any atom is 0.436 e. The molecule has 0 saturated carbocycles. The fourth-order valence-corrected chi connectivity index (χ4v) is 3.96. The van der Waals surface area contributed by atoms with Crippen LogP contribution in [0.1, 0.15) is 11.1 Å². The number of carbonyl (C=O) groups is 1. The van der Waals surface area contributed by atoms with Crippen LogP contribution in [0.4, 0.5) is 18.0 Å². The van der Waals surface area contributed by atoms with Crippen LogP contribution in [0.5, 0.6) is 0 Å². The lowest BCUT2D eigenvalue weighted by molar-refractivity contribution is -0.196. The van der Waals surface area contributed by atoms with Crippen LogP contribution in [0.2, 0.25) is 5.02 Å². The van der Waals surface area contributed by atoms with Gasteiger partial charge in [0, 0.05) is 16.0 Å². The summed E-state index contributed by atoms with van der Waals surface area (Å²) in [4.78, 5) is 17.8. The monoisotopic (exact) mass is 409 g/mol. The van der Waals surface area contributed by atoms with E-state index in [1.165, 1.54) is 24.3 Å². The summed E-state index contributed by atoms with van der Waals surface area (Å²) in [7, 11) is 0. The van der Waals surface area contributed by atoms with Crippen molar-refractivity contribution in [2.24, 2.45) is 4.99 Å². The maximum atomic E-state index is 14.0. The Hall–Kier alpha value is -2.45. The number of alkyl halides is 3. The van der Waals surface area contributed by atoms with Gasteiger partial charge in [-0.2, -0.15) is 13.2 Å². The molecule has 2 aromatic rings. The lowest BCUT2D eigenvalue weighted by Crippen LogP contribution is -2.61. The number of benzene rings is 2. The highest BCUT2D eigenvalue weighted by Gasteiger charge is 2.61.